The summed E-state index contributed by atoms with van der Waals surface area (Å²) in [6.45, 7) is 3.43. The molecule has 2 aromatic rings. The maximum Gasteiger partial charge on any atom is 0.125 e. The van der Waals surface area contributed by atoms with Gasteiger partial charge in [-0.2, -0.15) is 0 Å². The first-order chi connectivity index (χ1) is 7.26. The van der Waals surface area contributed by atoms with Crippen molar-refractivity contribution in [1.29, 1.82) is 0 Å². The molecule has 0 aliphatic heterocycles. The summed E-state index contributed by atoms with van der Waals surface area (Å²) in [5.41, 5.74) is 2.02. The molecule has 0 bridgehead atoms. The summed E-state index contributed by atoms with van der Waals surface area (Å²) in [4.78, 5) is 0. The average Bonchev–Trinajstić information content (AvgIpc) is 2.55. The second-order valence-corrected chi connectivity index (χ2v) is 3.52. The number of aryl methyl sites for hydroxylation is 1. The van der Waals surface area contributed by atoms with Gasteiger partial charge >= 0.3 is 0 Å². The standard InChI is InChI=1S/C12H14FNO/c1-3-14-11(8-15-2)6-9-4-5-10(13)7-12(9)14/h4-7H,3,8H2,1-2H3. The maximum absolute atomic E-state index is 13.1. The van der Waals surface area contributed by atoms with E-state index in [9.17, 15) is 4.39 Å². The van der Waals surface area contributed by atoms with Crippen LogP contribution in [-0.2, 0) is 17.9 Å². The largest absolute Gasteiger partial charge is 0.378 e. The maximum atomic E-state index is 13.1. The highest BCUT2D eigenvalue weighted by Gasteiger charge is 2.07. The van der Waals surface area contributed by atoms with E-state index >= 15 is 0 Å². The summed E-state index contributed by atoms with van der Waals surface area (Å²) in [5, 5.41) is 1.06. The van der Waals surface area contributed by atoms with Gasteiger partial charge in [0, 0.05) is 24.7 Å². The Bertz CT molecular complexity index is 476. The van der Waals surface area contributed by atoms with Crippen molar-refractivity contribution in [2.24, 2.45) is 0 Å². The molecular weight excluding hydrogens is 193 g/mol. The summed E-state index contributed by atoms with van der Waals surface area (Å²) in [6.07, 6.45) is 0. The van der Waals surface area contributed by atoms with E-state index in [0.29, 0.717) is 6.61 Å². The van der Waals surface area contributed by atoms with Crippen LogP contribution in [0.1, 0.15) is 12.6 Å². The fourth-order valence-corrected chi connectivity index (χ4v) is 1.93. The molecule has 0 saturated carbocycles. The Kier molecular flexibility index (Phi) is 2.73. The third-order valence-electron chi connectivity index (χ3n) is 2.56. The van der Waals surface area contributed by atoms with Gasteiger partial charge in [0.05, 0.1) is 12.1 Å². The molecule has 1 aromatic heterocycles. The lowest BCUT2D eigenvalue weighted by Gasteiger charge is -2.06. The molecule has 0 spiro atoms. The van der Waals surface area contributed by atoms with Crippen LogP contribution >= 0.6 is 0 Å². The van der Waals surface area contributed by atoms with Gasteiger partial charge < -0.3 is 9.30 Å². The zero-order chi connectivity index (χ0) is 10.8. The molecule has 0 fully saturated rings. The molecular formula is C12H14FNO. The molecule has 0 unspecified atom stereocenters. The number of fused-ring (bicyclic) bond motifs is 1. The number of hydrogen-bond donors (Lipinski definition) is 0. The van der Waals surface area contributed by atoms with Crippen molar-refractivity contribution in [2.75, 3.05) is 7.11 Å². The second-order valence-electron chi connectivity index (χ2n) is 3.52. The van der Waals surface area contributed by atoms with E-state index < -0.39 is 0 Å². The molecule has 15 heavy (non-hydrogen) atoms. The van der Waals surface area contributed by atoms with E-state index in [2.05, 4.69) is 4.57 Å². The van der Waals surface area contributed by atoms with Crippen LogP contribution in [0.2, 0.25) is 0 Å². The molecule has 0 atom stereocenters. The lowest BCUT2D eigenvalue weighted by molar-refractivity contribution is 0.178. The molecule has 0 radical (unpaired) electrons. The number of ether oxygens (including phenoxy) is 1. The van der Waals surface area contributed by atoms with Crippen molar-refractivity contribution in [3.8, 4) is 0 Å². The highest BCUT2D eigenvalue weighted by Crippen LogP contribution is 2.21. The van der Waals surface area contributed by atoms with Gasteiger partial charge in [-0.25, -0.2) is 4.39 Å². The molecule has 0 N–H and O–H groups in total. The molecule has 0 aliphatic rings. The Morgan fingerprint density at radius 1 is 1.33 bits per heavy atom. The van der Waals surface area contributed by atoms with Gasteiger partial charge in [-0.15, -0.1) is 0 Å². The Hall–Kier alpha value is -1.35. The summed E-state index contributed by atoms with van der Waals surface area (Å²) in [7, 11) is 1.66. The number of hydrogen-bond acceptors (Lipinski definition) is 1. The van der Waals surface area contributed by atoms with Crippen LogP contribution < -0.4 is 0 Å². The molecule has 0 amide bonds. The number of nitrogens with zero attached hydrogens (tertiary/aromatic N) is 1. The highest BCUT2D eigenvalue weighted by atomic mass is 19.1. The van der Waals surface area contributed by atoms with E-state index in [4.69, 9.17) is 4.74 Å². The van der Waals surface area contributed by atoms with Crippen LogP contribution in [0.4, 0.5) is 4.39 Å². The van der Waals surface area contributed by atoms with Crippen molar-refractivity contribution >= 4 is 10.9 Å². The minimum Gasteiger partial charge on any atom is -0.378 e. The fraction of sp³-hybridized carbons (Fsp3) is 0.333. The lowest BCUT2D eigenvalue weighted by atomic mass is 10.2. The van der Waals surface area contributed by atoms with E-state index in [1.54, 1.807) is 19.2 Å². The number of halogens is 1. The van der Waals surface area contributed by atoms with Gasteiger partial charge in [-0.3, -0.25) is 0 Å². The van der Waals surface area contributed by atoms with E-state index in [1.165, 1.54) is 6.07 Å². The second kappa shape index (κ2) is 4.03. The first kappa shape index (κ1) is 10.2. The molecule has 0 saturated heterocycles. The molecule has 3 heteroatoms. The predicted octanol–water partition coefficient (Wildman–Crippen LogP) is 2.95. The number of benzene rings is 1. The smallest absolute Gasteiger partial charge is 0.125 e. The van der Waals surface area contributed by atoms with Gasteiger partial charge in [-0.05, 0) is 31.2 Å². The van der Waals surface area contributed by atoms with Crippen molar-refractivity contribution in [3.05, 3.63) is 35.8 Å². The topological polar surface area (TPSA) is 14.2 Å². The number of rotatable bonds is 3. The fourth-order valence-electron chi connectivity index (χ4n) is 1.93. The molecule has 80 valence electrons. The summed E-state index contributed by atoms with van der Waals surface area (Å²) < 4.78 is 20.3. The summed E-state index contributed by atoms with van der Waals surface area (Å²) in [5.74, 6) is -0.195. The van der Waals surface area contributed by atoms with Gasteiger partial charge in [0.25, 0.3) is 0 Å². The molecule has 1 heterocycles. The zero-order valence-corrected chi connectivity index (χ0v) is 8.96. The van der Waals surface area contributed by atoms with E-state index in [-0.39, 0.29) is 5.82 Å². The van der Waals surface area contributed by atoms with Crippen LogP contribution in [0, 0.1) is 5.82 Å². The monoisotopic (exact) mass is 207 g/mol. The van der Waals surface area contributed by atoms with Gasteiger partial charge in [0.1, 0.15) is 5.82 Å². The normalized spacial score (nSPS) is 11.1. The Morgan fingerprint density at radius 3 is 2.80 bits per heavy atom. The van der Waals surface area contributed by atoms with Crippen molar-refractivity contribution in [3.63, 3.8) is 0 Å². The SMILES string of the molecule is CCn1c(COC)cc2ccc(F)cc21. The molecule has 2 nitrogen and oxygen atoms in total. The van der Waals surface area contributed by atoms with Crippen molar-refractivity contribution in [2.45, 2.75) is 20.1 Å². The van der Waals surface area contributed by atoms with Crippen LogP contribution in [0.5, 0.6) is 0 Å². The molecule has 0 aliphatic carbocycles. The third-order valence-corrected chi connectivity index (χ3v) is 2.56. The lowest BCUT2D eigenvalue weighted by Crippen LogP contribution is -2.01. The number of methoxy groups -OCH3 is 1. The summed E-state index contributed by atoms with van der Waals surface area (Å²) in [6, 6.07) is 6.90. The predicted molar refractivity (Wildman–Crippen MR) is 58.3 cm³/mol. The highest BCUT2D eigenvalue weighted by molar-refractivity contribution is 5.81. The van der Waals surface area contributed by atoms with Gasteiger partial charge in [0.2, 0.25) is 0 Å². The minimum atomic E-state index is -0.195. The van der Waals surface area contributed by atoms with E-state index in [1.807, 2.05) is 13.0 Å². The van der Waals surface area contributed by atoms with Crippen LogP contribution in [0.15, 0.2) is 24.3 Å². The zero-order valence-electron chi connectivity index (χ0n) is 8.96. The Labute approximate surface area is 88.3 Å². The van der Waals surface area contributed by atoms with E-state index in [0.717, 1.165) is 23.1 Å². The molecule has 1 aromatic carbocycles. The van der Waals surface area contributed by atoms with Crippen molar-refractivity contribution < 1.29 is 9.13 Å². The van der Waals surface area contributed by atoms with Gasteiger partial charge in [0.15, 0.2) is 0 Å². The number of aromatic nitrogens is 1. The molecule has 2 rings (SSSR count). The minimum absolute atomic E-state index is 0.195. The van der Waals surface area contributed by atoms with Crippen molar-refractivity contribution in [1.82, 2.24) is 4.57 Å². The third kappa shape index (κ3) is 1.75. The van der Waals surface area contributed by atoms with Crippen LogP contribution in [0.3, 0.4) is 0 Å². The Balaban J connectivity index is 2.63. The van der Waals surface area contributed by atoms with Gasteiger partial charge in [-0.1, -0.05) is 0 Å². The first-order valence-corrected chi connectivity index (χ1v) is 5.03. The summed E-state index contributed by atoms with van der Waals surface area (Å²) >= 11 is 0. The Morgan fingerprint density at radius 2 is 2.13 bits per heavy atom. The quantitative estimate of drug-likeness (QED) is 0.754. The average molecular weight is 207 g/mol. The first-order valence-electron chi connectivity index (χ1n) is 5.03. The van der Waals surface area contributed by atoms with Crippen LogP contribution in [-0.4, -0.2) is 11.7 Å². The van der Waals surface area contributed by atoms with Crippen LogP contribution in [0.25, 0.3) is 10.9 Å².